The van der Waals surface area contributed by atoms with E-state index < -0.39 is 0 Å². The molecule has 1 saturated heterocycles. The van der Waals surface area contributed by atoms with Crippen molar-refractivity contribution >= 4 is 23.6 Å². The van der Waals surface area contributed by atoms with Crippen LogP contribution in [0.5, 0.6) is 0 Å². The minimum Gasteiger partial charge on any atom is -0.415 e. The number of nitrogens with one attached hydrogen (secondary N) is 1. The van der Waals surface area contributed by atoms with E-state index in [1.807, 2.05) is 0 Å². The van der Waals surface area contributed by atoms with Gasteiger partial charge in [0.2, 0.25) is 17.7 Å². The zero-order valence-corrected chi connectivity index (χ0v) is 14.4. The van der Waals surface area contributed by atoms with Gasteiger partial charge in [0, 0.05) is 14.1 Å². The van der Waals surface area contributed by atoms with E-state index >= 15 is 0 Å². The molecule has 2 rings (SSSR count). The molecule has 0 spiro atoms. The van der Waals surface area contributed by atoms with Gasteiger partial charge in [0.1, 0.15) is 0 Å². The molecule has 1 aromatic rings. The quantitative estimate of drug-likeness (QED) is 0.716. The van der Waals surface area contributed by atoms with Crippen LogP contribution < -0.4 is 5.32 Å². The predicted molar refractivity (Wildman–Crippen MR) is 85.9 cm³/mol. The van der Waals surface area contributed by atoms with Gasteiger partial charge in [-0.3, -0.25) is 14.5 Å². The van der Waals surface area contributed by atoms with Crippen LogP contribution in [0.15, 0.2) is 9.64 Å². The molecule has 2 amide bonds. The molecular formula is C14H23N5O3S. The van der Waals surface area contributed by atoms with Gasteiger partial charge >= 0.3 is 0 Å². The molecule has 1 N–H and O–H groups in total. The molecule has 0 unspecified atom stereocenters. The van der Waals surface area contributed by atoms with E-state index in [1.165, 1.54) is 43.0 Å². The SMILES string of the molecule is CNC(=O)CN(C)C(=O)CSc1nnc(CN2CCCCC2)o1. The fourth-order valence-corrected chi connectivity index (χ4v) is 3.01. The Morgan fingerprint density at radius 3 is 2.74 bits per heavy atom. The average molecular weight is 341 g/mol. The van der Waals surface area contributed by atoms with Crippen LogP contribution in [0, 0.1) is 0 Å². The number of nitrogens with zero attached hydrogens (tertiary/aromatic N) is 4. The lowest BCUT2D eigenvalue weighted by atomic mass is 10.1. The van der Waals surface area contributed by atoms with Crippen LogP contribution in [-0.2, 0) is 16.1 Å². The molecule has 0 aliphatic carbocycles. The molecule has 9 heteroatoms. The van der Waals surface area contributed by atoms with Crippen LogP contribution in [0.3, 0.4) is 0 Å². The number of piperidine rings is 1. The number of hydrogen-bond acceptors (Lipinski definition) is 7. The van der Waals surface area contributed by atoms with Crippen molar-refractivity contribution in [2.45, 2.75) is 31.0 Å². The van der Waals surface area contributed by atoms with E-state index in [2.05, 4.69) is 20.4 Å². The summed E-state index contributed by atoms with van der Waals surface area (Å²) in [6.07, 6.45) is 3.71. The summed E-state index contributed by atoms with van der Waals surface area (Å²) in [6, 6.07) is 0. The lowest BCUT2D eigenvalue weighted by molar-refractivity contribution is -0.132. The lowest BCUT2D eigenvalue weighted by Gasteiger charge is -2.24. The number of carbonyl (C=O) groups excluding carboxylic acids is 2. The second kappa shape index (κ2) is 8.88. The minimum absolute atomic E-state index is 0.0416. The fourth-order valence-electron chi connectivity index (χ4n) is 2.29. The van der Waals surface area contributed by atoms with Crippen molar-refractivity contribution in [1.29, 1.82) is 0 Å². The van der Waals surface area contributed by atoms with Crippen LogP contribution in [-0.4, -0.2) is 71.3 Å². The van der Waals surface area contributed by atoms with Gasteiger partial charge in [-0.1, -0.05) is 18.2 Å². The Morgan fingerprint density at radius 1 is 1.30 bits per heavy atom. The molecule has 1 fully saturated rings. The fraction of sp³-hybridized carbons (Fsp3) is 0.714. The first-order chi connectivity index (χ1) is 11.1. The third kappa shape index (κ3) is 5.83. The van der Waals surface area contributed by atoms with Crippen molar-refractivity contribution in [2.24, 2.45) is 0 Å². The summed E-state index contributed by atoms with van der Waals surface area (Å²) in [6.45, 7) is 2.83. The Morgan fingerprint density at radius 2 is 2.04 bits per heavy atom. The van der Waals surface area contributed by atoms with Gasteiger partial charge in [0.05, 0.1) is 18.8 Å². The maximum absolute atomic E-state index is 11.9. The predicted octanol–water partition coefficient (Wildman–Crippen LogP) is 0.352. The molecule has 23 heavy (non-hydrogen) atoms. The topological polar surface area (TPSA) is 91.6 Å². The molecule has 0 aromatic carbocycles. The van der Waals surface area contributed by atoms with E-state index in [-0.39, 0.29) is 24.1 Å². The number of likely N-dealkylation sites (N-methyl/N-ethyl adjacent to an activating group) is 2. The van der Waals surface area contributed by atoms with E-state index in [0.717, 1.165) is 13.1 Å². The van der Waals surface area contributed by atoms with Gasteiger partial charge < -0.3 is 14.6 Å². The number of rotatable bonds is 7. The Balaban J connectivity index is 1.75. The van der Waals surface area contributed by atoms with Gasteiger partial charge in [0.15, 0.2) is 0 Å². The third-order valence-electron chi connectivity index (χ3n) is 3.66. The first-order valence-electron chi connectivity index (χ1n) is 7.70. The summed E-state index contributed by atoms with van der Waals surface area (Å²) >= 11 is 1.19. The Hall–Kier alpha value is -1.61. The maximum atomic E-state index is 11.9. The number of amides is 2. The van der Waals surface area contributed by atoms with Gasteiger partial charge in [-0.2, -0.15) is 0 Å². The molecule has 8 nitrogen and oxygen atoms in total. The second-order valence-electron chi connectivity index (χ2n) is 5.51. The minimum atomic E-state index is -0.201. The average Bonchev–Trinajstić information content (AvgIpc) is 3.00. The summed E-state index contributed by atoms with van der Waals surface area (Å²) in [5, 5.41) is 10.9. The van der Waals surface area contributed by atoms with Crippen LogP contribution in [0.4, 0.5) is 0 Å². The maximum Gasteiger partial charge on any atom is 0.277 e. The van der Waals surface area contributed by atoms with Crippen molar-refractivity contribution in [1.82, 2.24) is 25.3 Å². The highest BCUT2D eigenvalue weighted by atomic mass is 32.2. The summed E-state index contributed by atoms with van der Waals surface area (Å²) in [7, 11) is 3.13. The molecule has 0 bridgehead atoms. The van der Waals surface area contributed by atoms with Gasteiger partial charge in [-0.25, -0.2) is 0 Å². The molecule has 128 valence electrons. The number of carbonyl (C=O) groups is 2. The van der Waals surface area contributed by atoms with Crippen molar-refractivity contribution in [3.05, 3.63) is 5.89 Å². The smallest absolute Gasteiger partial charge is 0.277 e. The highest BCUT2D eigenvalue weighted by Crippen LogP contribution is 2.18. The van der Waals surface area contributed by atoms with Gasteiger partial charge in [-0.05, 0) is 25.9 Å². The largest absolute Gasteiger partial charge is 0.415 e. The molecule has 0 saturated carbocycles. The molecule has 0 radical (unpaired) electrons. The number of hydrogen-bond donors (Lipinski definition) is 1. The normalized spacial score (nSPS) is 15.4. The van der Waals surface area contributed by atoms with Gasteiger partial charge in [0.25, 0.3) is 5.22 Å². The van der Waals surface area contributed by atoms with Crippen molar-refractivity contribution < 1.29 is 14.0 Å². The third-order valence-corrected chi connectivity index (χ3v) is 4.46. The van der Waals surface area contributed by atoms with Crippen molar-refractivity contribution in [2.75, 3.05) is 39.5 Å². The monoisotopic (exact) mass is 341 g/mol. The van der Waals surface area contributed by atoms with Crippen molar-refractivity contribution in [3.8, 4) is 0 Å². The molecule has 1 aliphatic heterocycles. The summed E-state index contributed by atoms with van der Waals surface area (Å²) in [5.41, 5.74) is 0. The van der Waals surface area contributed by atoms with E-state index in [0.29, 0.717) is 17.7 Å². The molecular weight excluding hydrogens is 318 g/mol. The molecule has 1 aliphatic rings. The Bertz CT molecular complexity index is 530. The Labute approximate surface area is 140 Å². The van der Waals surface area contributed by atoms with E-state index in [4.69, 9.17) is 4.42 Å². The standard InChI is InChI=1S/C14H23N5O3S/c1-15-11(20)8-18(2)13(21)10-23-14-17-16-12(22-14)9-19-6-4-3-5-7-19/h3-10H2,1-2H3,(H,15,20). The zero-order chi connectivity index (χ0) is 16.7. The lowest BCUT2D eigenvalue weighted by Crippen LogP contribution is -2.37. The second-order valence-corrected chi connectivity index (χ2v) is 6.44. The van der Waals surface area contributed by atoms with E-state index in [9.17, 15) is 9.59 Å². The highest BCUT2D eigenvalue weighted by Gasteiger charge is 2.17. The summed E-state index contributed by atoms with van der Waals surface area (Å²) in [5.74, 6) is 0.390. The zero-order valence-electron chi connectivity index (χ0n) is 13.6. The highest BCUT2D eigenvalue weighted by molar-refractivity contribution is 7.99. The summed E-state index contributed by atoms with van der Waals surface area (Å²) < 4.78 is 5.57. The molecule has 0 atom stereocenters. The molecule has 2 heterocycles. The van der Waals surface area contributed by atoms with Crippen LogP contribution >= 0.6 is 11.8 Å². The van der Waals surface area contributed by atoms with E-state index in [1.54, 1.807) is 7.05 Å². The van der Waals surface area contributed by atoms with Crippen molar-refractivity contribution in [3.63, 3.8) is 0 Å². The Kier molecular flexibility index (Phi) is 6.85. The number of likely N-dealkylation sites (tertiary alicyclic amines) is 1. The first kappa shape index (κ1) is 17.7. The van der Waals surface area contributed by atoms with Crippen LogP contribution in [0.25, 0.3) is 0 Å². The molecule has 1 aromatic heterocycles. The van der Waals surface area contributed by atoms with Crippen LogP contribution in [0.2, 0.25) is 0 Å². The summed E-state index contributed by atoms with van der Waals surface area (Å²) in [4.78, 5) is 26.8. The number of thioether (sulfide) groups is 1. The van der Waals surface area contributed by atoms with Crippen LogP contribution in [0.1, 0.15) is 25.2 Å². The number of aromatic nitrogens is 2. The first-order valence-corrected chi connectivity index (χ1v) is 8.69. The van der Waals surface area contributed by atoms with Gasteiger partial charge in [-0.15, -0.1) is 10.2 Å².